The van der Waals surface area contributed by atoms with Crippen LogP contribution in [0.2, 0.25) is 5.02 Å². The molecule has 1 saturated heterocycles. The lowest BCUT2D eigenvalue weighted by Crippen LogP contribution is -2.17. The monoisotopic (exact) mass is 287 g/mol. The van der Waals surface area contributed by atoms with Crippen molar-refractivity contribution < 1.29 is 0 Å². The van der Waals surface area contributed by atoms with E-state index in [-0.39, 0.29) is 0 Å². The summed E-state index contributed by atoms with van der Waals surface area (Å²) in [6.07, 6.45) is 2.58. The number of nitrogens with two attached hydrogens (primary N) is 1. The third-order valence-electron chi connectivity index (χ3n) is 3.65. The van der Waals surface area contributed by atoms with Crippen LogP contribution >= 0.6 is 11.6 Å². The van der Waals surface area contributed by atoms with Crippen LogP contribution in [0.15, 0.2) is 42.5 Å². The zero-order chi connectivity index (χ0) is 13.9. The Kier molecular flexibility index (Phi) is 3.70. The Morgan fingerprint density at radius 2 is 1.70 bits per heavy atom. The minimum absolute atomic E-state index is 0.633. The molecule has 0 spiro atoms. The highest BCUT2D eigenvalue weighted by atomic mass is 35.5. The second-order valence-corrected chi connectivity index (χ2v) is 5.48. The van der Waals surface area contributed by atoms with Gasteiger partial charge in [-0.3, -0.25) is 0 Å². The van der Waals surface area contributed by atoms with E-state index in [2.05, 4.69) is 34.5 Å². The molecule has 3 N–H and O–H groups in total. The summed E-state index contributed by atoms with van der Waals surface area (Å²) in [4.78, 5) is 2.41. The van der Waals surface area contributed by atoms with E-state index in [1.165, 1.54) is 18.5 Å². The number of rotatable bonds is 3. The fourth-order valence-electron chi connectivity index (χ4n) is 2.55. The van der Waals surface area contributed by atoms with Gasteiger partial charge in [0.15, 0.2) is 0 Å². The summed E-state index contributed by atoms with van der Waals surface area (Å²) < 4.78 is 0. The highest BCUT2D eigenvalue weighted by Gasteiger charge is 2.12. The Labute approximate surface area is 124 Å². The first-order valence-corrected chi connectivity index (χ1v) is 7.28. The van der Waals surface area contributed by atoms with Crippen molar-refractivity contribution in [2.24, 2.45) is 0 Å². The molecule has 1 aliphatic rings. The Morgan fingerprint density at radius 3 is 2.35 bits per heavy atom. The highest BCUT2D eigenvalue weighted by molar-refractivity contribution is 6.34. The summed E-state index contributed by atoms with van der Waals surface area (Å²) in [6.45, 7) is 2.31. The third kappa shape index (κ3) is 2.68. The number of hydrogen-bond acceptors (Lipinski definition) is 3. The van der Waals surface area contributed by atoms with Gasteiger partial charge >= 0.3 is 0 Å². The first-order chi connectivity index (χ1) is 9.74. The first kappa shape index (κ1) is 13.1. The summed E-state index contributed by atoms with van der Waals surface area (Å²) in [5.41, 5.74) is 9.64. The Morgan fingerprint density at radius 1 is 1.00 bits per heavy atom. The van der Waals surface area contributed by atoms with E-state index in [4.69, 9.17) is 17.3 Å². The van der Waals surface area contributed by atoms with Crippen molar-refractivity contribution in [3.63, 3.8) is 0 Å². The standard InChI is InChI=1S/C16H18ClN3/c17-14-4-3-5-15(18)16(14)19-12-6-8-13(9-7-12)20-10-1-2-11-20/h3-9,19H,1-2,10-11,18H2. The average molecular weight is 288 g/mol. The molecule has 0 unspecified atom stereocenters. The highest BCUT2D eigenvalue weighted by Crippen LogP contribution is 2.31. The van der Waals surface area contributed by atoms with Gasteiger partial charge in [0.1, 0.15) is 0 Å². The zero-order valence-electron chi connectivity index (χ0n) is 11.3. The van der Waals surface area contributed by atoms with E-state index in [0.717, 1.165) is 24.5 Å². The lowest BCUT2D eigenvalue weighted by molar-refractivity contribution is 0.949. The molecule has 20 heavy (non-hydrogen) atoms. The summed E-state index contributed by atoms with van der Waals surface area (Å²) in [5, 5.41) is 3.92. The van der Waals surface area contributed by atoms with Gasteiger partial charge in [-0.2, -0.15) is 0 Å². The van der Waals surface area contributed by atoms with Crippen LogP contribution in [0.1, 0.15) is 12.8 Å². The fraction of sp³-hybridized carbons (Fsp3) is 0.250. The van der Waals surface area contributed by atoms with Crippen LogP contribution < -0.4 is 16.0 Å². The number of nitrogens with zero attached hydrogens (tertiary/aromatic N) is 1. The smallest absolute Gasteiger partial charge is 0.0807 e. The van der Waals surface area contributed by atoms with Crippen LogP contribution in [0.25, 0.3) is 0 Å². The molecule has 0 aromatic heterocycles. The zero-order valence-corrected chi connectivity index (χ0v) is 12.0. The van der Waals surface area contributed by atoms with Crippen molar-refractivity contribution in [2.75, 3.05) is 29.0 Å². The van der Waals surface area contributed by atoms with Crippen LogP contribution in [0.4, 0.5) is 22.7 Å². The molecule has 0 bridgehead atoms. The Hall–Kier alpha value is -1.87. The molecule has 104 valence electrons. The largest absolute Gasteiger partial charge is 0.397 e. The van der Waals surface area contributed by atoms with Crippen LogP contribution in [-0.2, 0) is 0 Å². The van der Waals surface area contributed by atoms with Crippen molar-refractivity contribution in [3.05, 3.63) is 47.5 Å². The predicted molar refractivity (Wildman–Crippen MR) is 87.0 cm³/mol. The van der Waals surface area contributed by atoms with E-state index in [0.29, 0.717) is 10.7 Å². The molecule has 1 aliphatic heterocycles. The van der Waals surface area contributed by atoms with Crippen molar-refractivity contribution in [1.29, 1.82) is 0 Å². The summed E-state index contributed by atoms with van der Waals surface area (Å²) >= 11 is 6.16. The Balaban J connectivity index is 1.78. The molecule has 2 aromatic carbocycles. The number of halogens is 1. The topological polar surface area (TPSA) is 41.3 Å². The average Bonchev–Trinajstić information content (AvgIpc) is 2.98. The molecule has 0 radical (unpaired) electrons. The van der Waals surface area contributed by atoms with Crippen LogP contribution in [0.3, 0.4) is 0 Å². The van der Waals surface area contributed by atoms with E-state index < -0.39 is 0 Å². The van der Waals surface area contributed by atoms with Crippen LogP contribution in [0, 0.1) is 0 Å². The molecule has 3 nitrogen and oxygen atoms in total. The number of benzene rings is 2. The summed E-state index contributed by atoms with van der Waals surface area (Å²) in [7, 11) is 0. The minimum Gasteiger partial charge on any atom is -0.397 e. The number of nitrogens with one attached hydrogen (secondary N) is 1. The van der Waals surface area contributed by atoms with E-state index in [1.54, 1.807) is 0 Å². The van der Waals surface area contributed by atoms with Gasteiger partial charge in [-0.1, -0.05) is 17.7 Å². The van der Waals surface area contributed by atoms with Crippen molar-refractivity contribution in [3.8, 4) is 0 Å². The van der Waals surface area contributed by atoms with Gasteiger partial charge in [-0.15, -0.1) is 0 Å². The van der Waals surface area contributed by atoms with Gasteiger partial charge < -0.3 is 16.0 Å². The Bertz CT molecular complexity index is 569. The molecular formula is C16H18ClN3. The molecule has 3 rings (SSSR count). The van der Waals surface area contributed by atoms with Crippen molar-refractivity contribution in [2.45, 2.75) is 12.8 Å². The van der Waals surface area contributed by atoms with Crippen molar-refractivity contribution in [1.82, 2.24) is 0 Å². The third-order valence-corrected chi connectivity index (χ3v) is 3.97. The fourth-order valence-corrected chi connectivity index (χ4v) is 2.78. The number of anilines is 4. The van der Waals surface area contributed by atoms with Crippen molar-refractivity contribution >= 4 is 34.4 Å². The second kappa shape index (κ2) is 5.63. The number of para-hydroxylation sites is 1. The number of hydrogen-bond donors (Lipinski definition) is 2. The maximum absolute atomic E-state index is 6.16. The summed E-state index contributed by atoms with van der Waals surface area (Å²) in [6, 6.07) is 13.9. The lowest BCUT2D eigenvalue weighted by Gasteiger charge is -2.18. The normalized spacial score (nSPS) is 14.6. The van der Waals surface area contributed by atoms with E-state index >= 15 is 0 Å². The summed E-state index contributed by atoms with van der Waals surface area (Å²) in [5.74, 6) is 0. The molecular weight excluding hydrogens is 270 g/mol. The van der Waals surface area contributed by atoms with E-state index in [9.17, 15) is 0 Å². The molecule has 0 atom stereocenters. The van der Waals surface area contributed by atoms with Crippen LogP contribution in [0.5, 0.6) is 0 Å². The van der Waals surface area contributed by atoms with Gasteiger partial charge in [-0.05, 0) is 49.2 Å². The minimum atomic E-state index is 0.633. The molecule has 2 aromatic rings. The van der Waals surface area contributed by atoms with Crippen LogP contribution in [-0.4, -0.2) is 13.1 Å². The van der Waals surface area contributed by atoms with Gasteiger partial charge in [0.25, 0.3) is 0 Å². The number of nitrogen functional groups attached to an aromatic ring is 1. The molecule has 1 fully saturated rings. The molecule has 0 saturated carbocycles. The van der Waals surface area contributed by atoms with Gasteiger partial charge in [-0.25, -0.2) is 0 Å². The predicted octanol–water partition coefficient (Wildman–Crippen LogP) is 4.27. The molecule has 4 heteroatoms. The van der Waals surface area contributed by atoms with E-state index in [1.807, 2.05) is 18.2 Å². The van der Waals surface area contributed by atoms with Gasteiger partial charge in [0.2, 0.25) is 0 Å². The molecule has 0 amide bonds. The lowest BCUT2D eigenvalue weighted by atomic mass is 10.2. The first-order valence-electron chi connectivity index (χ1n) is 6.90. The maximum atomic E-state index is 6.16. The molecule has 1 heterocycles. The second-order valence-electron chi connectivity index (χ2n) is 5.07. The van der Waals surface area contributed by atoms with Gasteiger partial charge in [0, 0.05) is 24.5 Å². The quantitative estimate of drug-likeness (QED) is 0.829. The maximum Gasteiger partial charge on any atom is 0.0807 e. The molecule has 0 aliphatic carbocycles. The van der Waals surface area contributed by atoms with Gasteiger partial charge in [0.05, 0.1) is 16.4 Å². The SMILES string of the molecule is Nc1cccc(Cl)c1Nc1ccc(N2CCCC2)cc1.